The molecule has 0 aliphatic heterocycles. The number of allylic oxidation sites excluding steroid dienone is 1. The Morgan fingerprint density at radius 1 is 1.29 bits per heavy atom. The van der Waals surface area contributed by atoms with E-state index in [-0.39, 0.29) is 0 Å². The maximum absolute atomic E-state index is 10.7. The largest absolute Gasteiger partial charge is 0.741 e. The van der Waals surface area contributed by atoms with E-state index >= 15 is 0 Å². The molecule has 0 aromatic heterocycles. The summed E-state index contributed by atoms with van der Waals surface area (Å²) in [6, 6.07) is 10.5. The maximum Gasteiger partial charge on any atom is 0.485 e. The topological polar surface area (TPSA) is 57.2 Å². The molecular weight excluding hydrogens is 372 g/mol. The van der Waals surface area contributed by atoms with Crippen molar-refractivity contribution in [1.82, 2.24) is 0 Å². The number of halogens is 3. The molecule has 1 aromatic rings. The Morgan fingerprint density at radius 2 is 1.71 bits per heavy atom. The van der Waals surface area contributed by atoms with Crippen LogP contribution >= 0.6 is 0 Å². The van der Waals surface area contributed by atoms with Gasteiger partial charge in [-0.2, -0.15) is 13.2 Å². The summed E-state index contributed by atoms with van der Waals surface area (Å²) in [5.41, 5.74) is -1.21. The van der Waals surface area contributed by atoms with E-state index in [9.17, 15) is 13.2 Å². The Hall–Kier alpha value is -1.04. The number of hydrogen-bond donors (Lipinski definition) is 0. The molecule has 0 amide bonds. The fourth-order valence-electron chi connectivity index (χ4n) is 1.13. The predicted molar refractivity (Wildman–Crippen MR) is 76.0 cm³/mol. The van der Waals surface area contributed by atoms with E-state index in [0.717, 1.165) is 6.42 Å². The molecule has 3 nitrogen and oxygen atoms in total. The van der Waals surface area contributed by atoms with Crippen LogP contribution in [0.1, 0.15) is 5.56 Å². The quantitative estimate of drug-likeness (QED) is 0.346. The van der Waals surface area contributed by atoms with E-state index in [1.807, 2.05) is 6.07 Å². The monoisotopic (exact) mass is 388 g/mol. The summed E-state index contributed by atoms with van der Waals surface area (Å²) < 4.78 is 60.3. The summed E-state index contributed by atoms with van der Waals surface area (Å²) in [5, 5.41) is 0. The number of benzene rings is 1. The summed E-state index contributed by atoms with van der Waals surface area (Å²) in [5.74, 6) is 4.60. The predicted octanol–water partition coefficient (Wildman–Crippen LogP) is 3.29. The summed E-state index contributed by atoms with van der Waals surface area (Å²) in [6.07, 6.45) is 1.03. The molecule has 0 atom stereocenters. The molecule has 0 unspecified atom stereocenters. The SMILES string of the molecule is C=C=C(Cc1ccccc1)[Se+](C)C.O=S(=O)([O-])C(F)(F)F. The normalized spacial score (nSPS) is 11.4. The minimum atomic E-state index is -6.09. The van der Waals surface area contributed by atoms with E-state index in [2.05, 4.69) is 48.2 Å². The van der Waals surface area contributed by atoms with Gasteiger partial charge in [0.2, 0.25) is 0 Å². The zero-order chi connectivity index (χ0) is 16.7. The molecule has 0 fully saturated rings. The van der Waals surface area contributed by atoms with E-state index < -0.39 is 29.5 Å². The molecule has 0 spiro atoms. The number of alkyl halides is 3. The Balaban J connectivity index is 0.000000433. The van der Waals surface area contributed by atoms with Gasteiger partial charge in [-0.3, -0.25) is 0 Å². The second kappa shape index (κ2) is 8.41. The van der Waals surface area contributed by atoms with Gasteiger partial charge in [-0.05, 0) is 0 Å². The van der Waals surface area contributed by atoms with Gasteiger partial charge >= 0.3 is 90.2 Å². The van der Waals surface area contributed by atoms with E-state index in [0.29, 0.717) is 0 Å². The van der Waals surface area contributed by atoms with Gasteiger partial charge in [0.05, 0.1) is 0 Å². The van der Waals surface area contributed by atoms with E-state index in [4.69, 9.17) is 13.0 Å². The van der Waals surface area contributed by atoms with E-state index in [1.165, 1.54) is 10.0 Å². The first kappa shape index (κ1) is 20.0. The summed E-state index contributed by atoms with van der Waals surface area (Å²) in [4.78, 5) is 0. The maximum atomic E-state index is 10.7. The van der Waals surface area contributed by atoms with Crippen molar-refractivity contribution in [3.8, 4) is 0 Å². The molecule has 0 aliphatic carbocycles. The number of rotatable bonds is 3. The molecule has 0 N–H and O–H groups in total. The molecule has 1 rings (SSSR count). The van der Waals surface area contributed by atoms with Crippen molar-refractivity contribution in [3.05, 3.63) is 52.7 Å². The van der Waals surface area contributed by atoms with Crippen LogP contribution in [0.15, 0.2) is 47.1 Å². The van der Waals surface area contributed by atoms with Crippen LogP contribution in [-0.4, -0.2) is 32.4 Å². The van der Waals surface area contributed by atoms with Crippen molar-refractivity contribution < 1.29 is 26.1 Å². The fourth-order valence-corrected chi connectivity index (χ4v) is 2.69. The third-order valence-corrected chi connectivity index (χ3v) is 5.42. The molecular formula is C13H15F3O3SSe. The molecule has 0 saturated heterocycles. The standard InChI is InChI=1S/C12H15Se.CHF3O3S/c1-4-12(13(2)3)10-11-8-6-5-7-9-11;2-1(3,4)8(5,6)7/h5-9H,1,10H2,2-3H3;(H,5,6,7)/q+1;/p-1. The second-order valence-corrected chi connectivity index (χ2v) is 9.81. The molecule has 0 bridgehead atoms. The van der Waals surface area contributed by atoms with Gasteiger partial charge in [0.15, 0.2) is 10.1 Å². The van der Waals surface area contributed by atoms with E-state index in [1.54, 1.807) is 0 Å². The van der Waals surface area contributed by atoms with Gasteiger partial charge in [-0.25, -0.2) is 8.42 Å². The molecule has 21 heavy (non-hydrogen) atoms. The van der Waals surface area contributed by atoms with Crippen molar-refractivity contribution in [3.63, 3.8) is 0 Å². The Morgan fingerprint density at radius 3 is 2.00 bits per heavy atom. The molecule has 0 saturated carbocycles. The zero-order valence-corrected chi connectivity index (χ0v) is 14.0. The van der Waals surface area contributed by atoms with Gasteiger partial charge in [-0.1, -0.05) is 0 Å². The van der Waals surface area contributed by atoms with Crippen molar-refractivity contribution >= 4 is 24.0 Å². The molecule has 118 valence electrons. The average molecular weight is 387 g/mol. The third-order valence-electron chi connectivity index (χ3n) is 2.18. The Kier molecular flexibility index (Phi) is 8.00. The van der Waals surface area contributed by atoms with Crippen LogP contribution in [0.4, 0.5) is 13.2 Å². The van der Waals surface area contributed by atoms with Gasteiger partial charge in [-0.15, -0.1) is 0 Å². The van der Waals surface area contributed by atoms with Crippen LogP contribution in [0, 0.1) is 0 Å². The first-order valence-corrected chi connectivity index (χ1v) is 11.2. The third kappa shape index (κ3) is 8.09. The average Bonchev–Trinajstić information content (AvgIpc) is 2.35. The Labute approximate surface area is 126 Å². The van der Waals surface area contributed by atoms with Crippen molar-refractivity contribution in [2.24, 2.45) is 0 Å². The van der Waals surface area contributed by atoms with Crippen molar-refractivity contribution in [1.29, 1.82) is 0 Å². The first-order chi connectivity index (χ1) is 9.49. The van der Waals surface area contributed by atoms with Gasteiger partial charge in [0.25, 0.3) is 0 Å². The van der Waals surface area contributed by atoms with Crippen LogP contribution < -0.4 is 0 Å². The van der Waals surface area contributed by atoms with Crippen LogP contribution in [-0.2, 0) is 16.5 Å². The fraction of sp³-hybridized carbons (Fsp3) is 0.308. The molecule has 0 heterocycles. The van der Waals surface area contributed by atoms with Gasteiger partial charge in [0.1, 0.15) is 0 Å². The summed E-state index contributed by atoms with van der Waals surface area (Å²) in [6.45, 7) is 3.75. The summed E-state index contributed by atoms with van der Waals surface area (Å²) in [7, 11) is -6.09. The van der Waals surface area contributed by atoms with Gasteiger partial charge in [0, 0.05) is 0 Å². The minimum Gasteiger partial charge on any atom is -0.741 e. The van der Waals surface area contributed by atoms with Crippen LogP contribution in [0.25, 0.3) is 0 Å². The summed E-state index contributed by atoms with van der Waals surface area (Å²) >= 11 is -0.587. The number of hydrogen-bond acceptors (Lipinski definition) is 3. The molecule has 0 radical (unpaired) electrons. The minimum absolute atomic E-state index is 0.587. The van der Waals surface area contributed by atoms with Crippen LogP contribution in [0.5, 0.6) is 0 Å². The molecule has 1 aromatic carbocycles. The zero-order valence-electron chi connectivity index (χ0n) is 11.5. The Bertz CT molecular complexity index is 589. The molecule has 0 aliphatic rings. The van der Waals surface area contributed by atoms with Crippen molar-refractivity contribution in [2.75, 3.05) is 0 Å². The smallest absolute Gasteiger partial charge is 0.485 e. The first-order valence-electron chi connectivity index (χ1n) is 5.51. The van der Waals surface area contributed by atoms with Gasteiger partial charge < -0.3 is 4.55 Å². The molecule has 8 heteroatoms. The van der Waals surface area contributed by atoms with Crippen LogP contribution in [0.2, 0.25) is 11.6 Å². The second-order valence-electron chi connectivity index (χ2n) is 3.98. The van der Waals surface area contributed by atoms with Crippen LogP contribution in [0.3, 0.4) is 0 Å². The van der Waals surface area contributed by atoms with Crippen molar-refractivity contribution in [2.45, 2.75) is 23.6 Å².